The number of rotatable bonds is 9. The molecule has 214 valence electrons. The van der Waals surface area contributed by atoms with Gasteiger partial charge in [-0.25, -0.2) is 4.98 Å². The Morgan fingerprint density at radius 1 is 1.00 bits per heavy atom. The summed E-state index contributed by atoms with van der Waals surface area (Å²) in [6.45, 7) is 1.63. The first kappa shape index (κ1) is 27.0. The van der Waals surface area contributed by atoms with Gasteiger partial charge in [-0.3, -0.25) is 4.90 Å². The first-order valence-corrected chi connectivity index (χ1v) is 15.0. The smallest absolute Gasteiger partial charge is 0.227 e. The van der Waals surface area contributed by atoms with Gasteiger partial charge in [0.25, 0.3) is 0 Å². The Morgan fingerprint density at radius 2 is 1.75 bits per heavy atom. The number of imidazole rings is 1. The van der Waals surface area contributed by atoms with Gasteiger partial charge in [0, 0.05) is 37.3 Å². The number of nitrogens with two attached hydrogens (primary N) is 1. The molecule has 1 saturated heterocycles. The molecular formula is C30H42N8O2. The Hall–Kier alpha value is -3.24. The van der Waals surface area contributed by atoms with Gasteiger partial charge in [-0.1, -0.05) is 25.0 Å². The highest BCUT2D eigenvalue weighted by molar-refractivity contribution is 5.84. The van der Waals surface area contributed by atoms with Crippen molar-refractivity contribution < 1.29 is 9.53 Å². The molecule has 3 heterocycles. The van der Waals surface area contributed by atoms with Gasteiger partial charge in [-0.2, -0.15) is 9.97 Å². The van der Waals surface area contributed by atoms with E-state index in [9.17, 15) is 4.79 Å². The Morgan fingerprint density at radius 3 is 2.48 bits per heavy atom. The average Bonchev–Trinajstić information content (AvgIpc) is 3.66. The lowest BCUT2D eigenvalue weighted by Crippen LogP contribution is -2.41. The maximum absolute atomic E-state index is 12.1. The molecular weight excluding hydrogens is 504 g/mol. The van der Waals surface area contributed by atoms with E-state index in [0.29, 0.717) is 24.1 Å². The second-order valence-electron chi connectivity index (χ2n) is 11.7. The van der Waals surface area contributed by atoms with Crippen LogP contribution in [0.4, 0.5) is 11.8 Å². The van der Waals surface area contributed by atoms with E-state index in [1.165, 1.54) is 25.7 Å². The molecule has 3 fully saturated rings. The molecule has 1 aromatic carbocycles. The highest BCUT2D eigenvalue weighted by atomic mass is 16.5. The molecule has 0 bridgehead atoms. The normalized spacial score (nSPS) is 23.8. The molecule has 0 spiro atoms. The van der Waals surface area contributed by atoms with E-state index < -0.39 is 0 Å². The third kappa shape index (κ3) is 5.78. The van der Waals surface area contributed by atoms with Gasteiger partial charge in [0.1, 0.15) is 12.0 Å². The molecule has 10 heteroatoms. The fourth-order valence-corrected chi connectivity index (χ4v) is 6.69. The molecule has 10 nitrogen and oxygen atoms in total. The summed E-state index contributed by atoms with van der Waals surface area (Å²) in [5.74, 6) is 2.24. The van der Waals surface area contributed by atoms with Crippen LogP contribution in [0.2, 0.25) is 0 Å². The molecule has 3 aromatic rings. The largest absolute Gasteiger partial charge is 0.497 e. The minimum atomic E-state index is -0.275. The minimum absolute atomic E-state index is 0.240. The van der Waals surface area contributed by atoms with Gasteiger partial charge in [-0.15, -0.1) is 0 Å². The average molecular weight is 547 g/mol. The van der Waals surface area contributed by atoms with Crippen LogP contribution in [0.15, 0.2) is 30.6 Å². The van der Waals surface area contributed by atoms with Crippen LogP contribution in [0.25, 0.3) is 11.2 Å². The van der Waals surface area contributed by atoms with E-state index in [2.05, 4.69) is 20.1 Å². The van der Waals surface area contributed by atoms with Crippen molar-refractivity contribution in [2.24, 2.45) is 5.73 Å². The van der Waals surface area contributed by atoms with Gasteiger partial charge < -0.3 is 30.5 Å². The van der Waals surface area contributed by atoms with Gasteiger partial charge in [0.15, 0.2) is 17.0 Å². The molecule has 1 aliphatic heterocycles. The number of ether oxygens (including phenoxy) is 1. The molecule has 4 N–H and O–H groups in total. The van der Waals surface area contributed by atoms with Crippen LogP contribution in [0, 0.1) is 0 Å². The van der Waals surface area contributed by atoms with Crippen molar-refractivity contribution in [1.82, 2.24) is 24.4 Å². The fourth-order valence-electron chi connectivity index (χ4n) is 6.69. The van der Waals surface area contributed by atoms with Gasteiger partial charge in [0.2, 0.25) is 5.95 Å². The molecule has 1 atom stereocenters. The lowest BCUT2D eigenvalue weighted by Gasteiger charge is -2.36. The van der Waals surface area contributed by atoms with Crippen molar-refractivity contribution in [3.8, 4) is 5.75 Å². The summed E-state index contributed by atoms with van der Waals surface area (Å²) in [4.78, 5) is 29.1. The zero-order valence-corrected chi connectivity index (χ0v) is 23.5. The van der Waals surface area contributed by atoms with Crippen molar-refractivity contribution in [1.29, 1.82) is 0 Å². The summed E-state index contributed by atoms with van der Waals surface area (Å²) < 4.78 is 7.64. The highest BCUT2D eigenvalue weighted by Gasteiger charge is 2.28. The standard InChI is InChI=1S/C30H42N8O2/c1-40-25-8-4-5-20(17-25)26(18-39)37-15-13-23(14-16-37)33-28-27-29(38(19-32-27)24-6-2-3-7-24)36-30(35-28)34-22-11-9-21(31)10-12-22/h4-5,8,17-19,21-24,26H,2-3,6-7,9-16,31H2,1H3,(H2,33,34,35,36). The van der Waals surface area contributed by atoms with Crippen LogP contribution >= 0.6 is 0 Å². The predicted molar refractivity (Wildman–Crippen MR) is 157 cm³/mol. The molecule has 0 amide bonds. The summed E-state index contributed by atoms with van der Waals surface area (Å²) in [5, 5.41) is 7.35. The maximum Gasteiger partial charge on any atom is 0.227 e. The third-order valence-electron chi connectivity index (χ3n) is 9.07. The van der Waals surface area contributed by atoms with Crippen molar-refractivity contribution in [2.45, 2.75) is 94.4 Å². The molecule has 2 saturated carbocycles. The van der Waals surface area contributed by atoms with E-state index in [1.807, 2.05) is 30.6 Å². The number of hydrogen-bond donors (Lipinski definition) is 3. The number of methoxy groups -OCH3 is 1. The Balaban J connectivity index is 1.19. The Kier molecular flexibility index (Phi) is 8.15. The van der Waals surface area contributed by atoms with Gasteiger partial charge in [0.05, 0.1) is 19.5 Å². The summed E-state index contributed by atoms with van der Waals surface area (Å²) >= 11 is 0. The molecule has 2 aromatic heterocycles. The number of benzene rings is 1. The lowest BCUT2D eigenvalue weighted by atomic mass is 9.92. The number of piperidine rings is 1. The predicted octanol–water partition coefficient (Wildman–Crippen LogP) is 4.45. The molecule has 2 aliphatic carbocycles. The second-order valence-corrected chi connectivity index (χ2v) is 11.7. The van der Waals surface area contributed by atoms with E-state index in [4.69, 9.17) is 25.4 Å². The minimum Gasteiger partial charge on any atom is -0.497 e. The molecule has 3 aliphatic rings. The van der Waals surface area contributed by atoms with Crippen molar-refractivity contribution in [3.05, 3.63) is 36.2 Å². The fraction of sp³-hybridized carbons (Fsp3) is 0.600. The molecule has 0 radical (unpaired) electrons. The summed E-state index contributed by atoms with van der Waals surface area (Å²) in [6, 6.07) is 8.86. The van der Waals surface area contributed by atoms with Crippen LogP contribution in [0.5, 0.6) is 5.75 Å². The monoisotopic (exact) mass is 546 g/mol. The first-order valence-electron chi connectivity index (χ1n) is 15.0. The highest BCUT2D eigenvalue weighted by Crippen LogP contribution is 2.34. The maximum atomic E-state index is 12.1. The molecule has 1 unspecified atom stereocenters. The van der Waals surface area contributed by atoms with Crippen LogP contribution in [-0.2, 0) is 4.79 Å². The number of carbonyl (C=O) groups is 1. The quantitative estimate of drug-likeness (QED) is 0.334. The number of nitrogens with zero attached hydrogens (tertiary/aromatic N) is 5. The number of anilines is 2. The van der Waals surface area contributed by atoms with Crippen LogP contribution < -0.4 is 21.1 Å². The van der Waals surface area contributed by atoms with E-state index in [1.54, 1.807) is 7.11 Å². The number of hydrogen-bond acceptors (Lipinski definition) is 9. The SMILES string of the molecule is COc1cccc(C(C=O)N2CCC(Nc3nc(NC4CCC(N)CC4)nc4c3ncn4C3CCCC3)CC2)c1. The van der Waals surface area contributed by atoms with E-state index >= 15 is 0 Å². The second kappa shape index (κ2) is 12.1. The Bertz CT molecular complexity index is 1290. The topological polar surface area (TPSA) is 123 Å². The molecule has 6 rings (SSSR count). The zero-order chi connectivity index (χ0) is 27.5. The number of nitrogens with one attached hydrogen (secondary N) is 2. The van der Waals surface area contributed by atoms with E-state index in [0.717, 1.165) is 86.2 Å². The third-order valence-corrected chi connectivity index (χ3v) is 9.07. The molecule has 40 heavy (non-hydrogen) atoms. The number of aromatic nitrogens is 4. The summed E-state index contributed by atoms with van der Waals surface area (Å²) in [7, 11) is 1.65. The number of fused-ring (bicyclic) bond motifs is 1. The van der Waals surface area contributed by atoms with E-state index in [-0.39, 0.29) is 12.1 Å². The number of aldehydes is 1. The van der Waals surface area contributed by atoms with Gasteiger partial charge in [-0.05, 0) is 69.1 Å². The van der Waals surface area contributed by atoms with Crippen LogP contribution in [0.3, 0.4) is 0 Å². The van der Waals surface area contributed by atoms with Gasteiger partial charge >= 0.3 is 0 Å². The van der Waals surface area contributed by atoms with Crippen LogP contribution in [-0.4, -0.2) is 69.0 Å². The number of likely N-dealkylation sites (tertiary alicyclic amines) is 1. The summed E-state index contributed by atoms with van der Waals surface area (Å²) in [5.41, 5.74) is 8.86. The van der Waals surface area contributed by atoms with Crippen molar-refractivity contribution in [2.75, 3.05) is 30.8 Å². The first-order chi connectivity index (χ1) is 19.6. The summed E-state index contributed by atoms with van der Waals surface area (Å²) in [6.07, 6.45) is 13.8. The van der Waals surface area contributed by atoms with Crippen LogP contribution in [0.1, 0.15) is 81.9 Å². The number of carbonyl (C=O) groups excluding carboxylic acids is 1. The lowest BCUT2D eigenvalue weighted by molar-refractivity contribution is -0.113. The Labute approximate surface area is 236 Å². The van der Waals surface area contributed by atoms with Crippen molar-refractivity contribution in [3.63, 3.8) is 0 Å². The van der Waals surface area contributed by atoms with Crippen molar-refractivity contribution >= 4 is 29.2 Å². The zero-order valence-electron chi connectivity index (χ0n) is 23.5.